The number of hydrogen-bond acceptors (Lipinski definition) is 1. The number of benzene rings is 1. The van der Waals surface area contributed by atoms with Crippen molar-refractivity contribution in [2.75, 3.05) is 13.1 Å². The van der Waals surface area contributed by atoms with Crippen LogP contribution in [0.2, 0.25) is 0 Å². The Morgan fingerprint density at radius 3 is 2.32 bits per heavy atom. The number of nitrogens with one attached hydrogen (secondary N) is 1. The van der Waals surface area contributed by atoms with Crippen LogP contribution in [0, 0.1) is 5.92 Å². The highest BCUT2D eigenvalue weighted by Crippen LogP contribution is 2.10. The van der Waals surface area contributed by atoms with Gasteiger partial charge in [-0.3, -0.25) is 0 Å². The molecule has 1 rings (SSSR count). The molecule has 0 aliphatic carbocycles. The first-order valence-electron chi connectivity index (χ1n) is 7.96. The Labute approximate surface area is 135 Å². The van der Waals surface area contributed by atoms with Crippen molar-refractivity contribution in [1.82, 2.24) is 10.2 Å². The summed E-state index contributed by atoms with van der Waals surface area (Å²) >= 11 is 0. The molecule has 0 fully saturated rings. The Balaban J connectivity index is 2.80. The second-order valence-electron chi connectivity index (χ2n) is 7.36. The minimum atomic E-state index is -0.219. The number of amides is 2. The Morgan fingerprint density at radius 2 is 1.82 bits per heavy atom. The fourth-order valence-electron chi connectivity index (χ4n) is 2.24. The first-order valence-corrected chi connectivity index (χ1v) is 7.96. The molecule has 1 aromatic carbocycles. The van der Waals surface area contributed by atoms with Crippen LogP contribution in [0.1, 0.15) is 47.1 Å². The Kier molecular flexibility index (Phi) is 6.66. The zero-order valence-corrected chi connectivity index (χ0v) is 14.8. The number of hydrogen-bond donors (Lipinski definition) is 1. The van der Waals surface area contributed by atoms with Gasteiger partial charge in [-0.15, -0.1) is 0 Å². The van der Waals surface area contributed by atoms with Gasteiger partial charge in [0, 0.05) is 18.6 Å². The lowest BCUT2D eigenvalue weighted by Crippen LogP contribution is -2.49. The van der Waals surface area contributed by atoms with Crippen LogP contribution in [-0.2, 0) is 0 Å². The van der Waals surface area contributed by atoms with Gasteiger partial charge in [0.15, 0.2) is 0 Å². The molecule has 0 aromatic heterocycles. The van der Waals surface area contributed by atoms with Crippen LogP contribution in [0.15, 0.2) is 35.9 Å². The molecular weight excluding hydrogens is 272 g/mol. The molecule has 22 heavy (non-hydrogen) atoms. The van der Waals surface area contributed by atoms with Crippen LogP contribution < -0.4 is 5.32 Å². The molecule has 3 nitrogen and oxygen atoms in total. The summed E-state index contributed by atoms with van der Waals surface area (Å²) in [6.07, 6.45) is 2.14. The first kappa shape index (κ1) is 18.3. The lowest BCUT2D eigenvalue weighted by atomic mass is 10.1. The maximum Gasteiger partial charge on any atom is 0.318 e. The predicted octanol–water partition coefficient (Wildman–Crippen LogP) is 4.56. The molecule has 0 aliphatic heterocycles. The molecule has 0 saturated heterocycles. The third kappa shape index (κ3) is 7.30. The third-order valence-corrected chi connectivity index (χ3v) is 3.01. The van der Waals surface area contributed by atoms with E-state index < -0.39 is 0 Å². The molecule has 1 N–H and O–H groups in total. The van der Waals surface area contributed by atoms with Crippen LogP contribution in [0.5, 0.6) is 0 Å². The highest BCUT2D eigenvalue weighted by Gasteiger charge is 2.20. The van der Waals surface area contributed by atoms with Crippen molar-refractivity contribution in [3.05, 3.63) is 41.5 Å². The number of rotatable bonds is 5. The van der Waals surface area contributed by atoms with Gasteiger partial charge >= 0.3 is 6.03 Å². The molecule has 2 amide bonds. The monoisotopic (exact) mass is 302 g/mol. The van der Waals surface area contributed by atoms with Gasteiger partial charge in [0.1, 0.15) is 0 Å². The van der Waals surface area contributed by atoms with Crippen molar-refractivity contribution in [2.45, 2.75) is 47.1 Å². The van der Waals surface area contributed by atoms with Gasteiger partial charge in [0.2, 0.25) is 0 Å². The molecule has 0 saturated carbocycles. The van der Waals surface area contributed by atoms with Gasteiger partial charge in [-0.2, -0.15) is 0 Å². The van der Waals surface area contributed by atoms with Gasteiger partial charge in [0.05, 0.1) is 0 Å². The van der Waals surface area contributed by atoms with Crippen LogP contribution in [-0.4, -0.2) is 29.6 Å². The van der Waals surface area contributed by atoms with E-state index in [1.54, 1.807) is 0 Å². The smallest absolute Gasteiger partial charge is 0.318 e. The predicted molar refractivity (Wildman–Crippen MR) is 94.8 cm³/mol. The van der Waals surface area contributed by atoms with E-state index in [1.807, 2.05) is 43.9 Å². The minimum Gasteiger partial charge on any atom is -0.333 e. The highest BCUT2D eigenvalue weighted by molar-refractivity contribution is 5.75. The van der Waals surface area contributed by atoms with E-state index in [1.165, 1.54) is 11.1 Å². The van der Waals surface area contributed by atoms with Gasteiger partial charge in [-0.05, 0) is 39.2 Å². The van der Waals surface area contributed by atoms with Crippen molar-refractivity contribution in [2.24, 2.45) is 5.92 Å². The lowest BCUT2D eigenvalue weighted by molar-refractivity contribution is 0.187. The Bertz CT molecular complexity index is 498. The van der Waals surface area contributed by atoms with Gasteiger partial charge in [-0.25, -0.2) is 4.79 Å². The van der Waals surface area contributed by atoms with E-state index in [4.69, 9.17) is 0 Å². The zero-order valence-electron chi connectivity index (χ0n) is 14.8. The minimum absolute atomic E-state index is 0.00186. The van der Waals surface area contributed by atoms with Crippen molar-refractivity contribution in [3.8, 4) is 0 Å². The number of carbonyl (C=O) groups excluding carboxylic acids is 1. The molecule has 1 aromatic rings. The summed E-state index contributed by atoms with van der Waals surface area (Å²) in [6, 6.07) is 10.2. The second-order valence-corrected chi connectivity index (χ2v) is 7.36. The third-order valence-electron chi connectivity index (χ3n) is 3.01. The number of nitrogens with zero attached hydrogens (tertiary/aromatic N) is 1. The normalized spacial score (nSPS) is 12.4. The SMILES string of the molecule is C/C(=C\c1ccccc1)CN(CC(C)C)C(=O)NC(C)(C)C. The van der Waals surface area contributed by atoms with E-state index in [0.29, 0.717) is 12.5 Å². The summed E-state index contributed by atoms with van der Waals surface area (Å²) in [7, 11) is 0. The lowest BCUT2D eigenvalue weighted by Gasteiger charge is -2.30. The maximum absolute atomic E-state index is 12.5. The largest absolute Gasteiger partial charge is 0.333 e. The van der Waals surface area contributed by atoms with Crippen LogP contribution >= 0.6 is 0 Å². The summed E-state index contributed by atoms with van der Waals surface area (Å²) in [5.41, 5.74) is 2.13. The standard InChI is InChI=1S/C19H30N2O/c1-15(2)13-21(18(22)20-19(4,5)6)14-16(3)12-17-10-8-7-9-11-17/h7-12,15H,13-14H2,1-6H3,(H,20,22)/b16-12+. The molecule has 0 aliphatic rings. The molecule has 3 heteroatoms. The molecular formula is C19H30N2O. The van der Waals surface area contributed by atoms with Crippen LogP contribution in [0.3, 0.4) is 0 Å². The van der Waals surface area contributed by atoms with E-state index in [-0.39, 0.29) is 11.6 Å². The van der Waals surface area contributed by atoms with Gasteiger partial charge in [0.25, 0.3) is 0 Å². The van der Waals surface area contributed by atoms with Gasteiger partial charge in [-0.1, -0.05) is 55.8 Å². The molecule has 0 atom stereocenters. The van der Waals surface area contributed by atoms with E-state index in [9.17, 15) is 4.79 Å². The zero-order chi connectivity index (χ0) is 16.8. The van der Waals surface area contributed by atoms with Crippen LogP contribution in [0.4, 0.5) is 4.79 Å². The average Bonchev–Trinajstić information content (AvgIpc) is 2.36. The van der Waals surface area contributed by atoms with Crippen LogP contribution in [0.25, 0.3) is 6.08 Å². The van der Waals surface area contributed by atoms with Crippen molar-refractivity contribution in [1.29, 1.82) is 0 Å². The molecule has 0 unspecified atom stereocenters. The molecule has 0 bridgehead atoms. The summed E-state index contributed by atoms with van der Waals surface area (Å²) in [5.74, 6) is 0.440. The summed E-state index contributed by atoms with van der Waals surface area (Å²) in [6.45, 7) is 13.8. The Morgan fingerprint density at radius 1 is 1.23 bits per heavy atom. The topological polar surface area (TPSA) is 32.3 Å². The highest BCUT2D eigenvalue weighted by atomic mass is 16.2. The molecule has 0 heterocycles. The van der Waals surface area contributed by atoms with E-state index in [0.717, 1.165) is 6.54 Å². The Hall–Kier alpha value is -1.77. The number of urea groups is 1. The summed E-state index contributed by atoms with van der Waals surface area (Å²) in [4.78, 5) is 14.4. The van der Waals surface area contributed by atoms with Crippen molar-refractivity contribution in [3.63, 3.8) is 0 Å². The van der Waals surface area contributed by atoms with E-state index >= 15 is 0 Å². The fraction of sp³-hybridized carbons (Fsp3) is 0.526. The van der Waals surface area contributed by atoms with E-state index in [2.05, 4.69) is 44.3 Å². The van der Waals surface area contributed by atoms with Crippen molar-refractivity contribution < 1.29 is 4.79 Å². The maximum atomic E-state index is 12.5. The quantitative estimate of drug-likeness (QED) is 0.850. The van der Waals surface area contributed by atoms with Crippen molar-refractivity contribution >= 4 is 12.1 Å². The fourth-order valence-corrected chi connectivity index (χ4v) is 2.24. The average molecular weight is 302 g/mol. The van der Waals surface area contributed by atoms with Gasteiger partial charge < -0.3 is 10.2 Å². The first-order chi connectivity index (χ1) is 10.2. The molecule has 0 radical (unpaired) electrons. The second kappa shape index (κ2) is 8.02. The number of carbonyl (C=O) groups is 1. The summed E-state index contributed by atoms with van der Waals surface area (Å²) < 4.78 is 0. The molecule has 0 spiro atoms. The molecule has 122 valence electrons. The summed E-state index contributed by atoms with van der Waals surface area (Å²) in [5, 5.41) is 3.05.